The zero-order chi connectivity index (χ0) is 10.4. The van der Waals surface area contributed by atoms with Crippen LogP contribution in [0.15, 0.2) is 30.3 Å². The first-order chi connectivity index (χ1) is 6.79. The van der Waals surface area contributed by atoms with Gasteiger partial charge >= 0.3 is 0 Å². The normalized spacial score (nSPS) is 9.86. The molecule has 1 rings (SSSR count). The van der Waals surface area contributed by atoms with Crippen molar-refractivity contribution in [2.75, 3.05) is 11.4 Å². The van der Waals surface area contributed by atoms with E-state index in [4.69, 9.17) is 5.41 Å². The van der Waals surface area contributed by atoms with Gasteiger partial charge in [0.15, 0.2) is 0 Å². The van der Waals surface area contributed by atoms with Crippen LogP contribution in [0.4, 0.5) is 5.69 Å². The van der Waals surface area contributed by atoms with Gasteiger partial charge in [0.2, 0.25) is 0 Å². The number of benzene rings is 1. The summed E-state index contributed by atoms with van der Waals surface area (Å²) >= 11 is 0. The average molecular weight is 190 g/mol. The van der Waals surface area contributed by atoms with Crippen molar-refractivity contribution in [1.82, 2.24) is 0 Å². The second kappa shape index (κ2) is 5.43. The van der Waals surface area contributed by atoms with E-state index in [0.717, 1.165) is 25.1 Å². The smallest absolute Gasteiger partial charge is 0.100 e. The molecule has 0 aliphatic heterocycles. The van der Waals surface area contributed by atoms with Crippen LogP contribution in [0, 0.1) is 5.41 Å². The topological polar surface area (TPSA) is 27.1 Å². The predicted octanol–water partition coefficient (Wildman–Crippen LogP) is 3.29. The van der Waals surface area contributed by atoms with Gasteiger partial charge in [-0.05, 0) is 25.5 Å². The van der Waals surface area contributed by atoms with E-state index >= 15 is 0 Å². The minimum Gasteiger partial charge on any atom is -0.331 e. The molecule has 0 aliphatic rings. The van der Waals surface area contributed by atoms with Crippen LogP contribution in [0.25, 0.3) is 0 Å². The van der Waals surface area contributed by atoms with Crippen molar-refractivity contribution in [3.05, 3.63) is 30.3 Å². The van der Waals surface area contributed by atoms with Crippen molar-refractivity contribution in [1.29, 1.82) is 5.41 Å². The molecule has 0 fully saturated rings. The molecule has 0 saturated carbocycles. The van der Waals surface area contributed by atoms with Gasteiger partial charge in [-0.1, -0.05) is 25.1 Å². The first kappa shape index (κ1) is 10.8. The summed E-state index contributed by atoms with van der Waals surface area (Å²) in [5.74, 6) is 0.709. The standard InChI is InChI=1S/C12H18N2/c1-3-8-12(13)14(4-2)11-9-6-5-7-10-11/h5-7,9-10,13H,3-4,8H2,1-2H3. The summed E-state index contributed by atoms with van der Waals surface area (Å²) in [6, 6.07) is 10.1. The SMILES string of the molecule is CCCC(=N)N(CC)c1ccccc1. The third kappa shape index (κ3) is 2.59. The number of nitrogens with one attached hydrogen (secondary N) is 1. The minimum atomic E-state index is 0.709. The highest BCUT2D eigenvalue weighted by Crippen LogP contribution is 2.14. The summed E-state index contributed by atoms with van der Waals surface area (Å²) in [5, 5.41) is 7.91. The van der Waals surface area contributed by atoms with Gasteiger partial charge in [-0.3, -0.25) is 5.41 Å². The lowest BCUT2D eigenvalue weighted by molar-refractivity contribution is 0.928. The fourth-order valence-electron chi connectivity index (χ4n) is 1.51. The highest BCUT2D eigenvalue weighted by molar-refractivity contribution is 5.95. The number of hydrogen-bond acceptors (Lipinski definition) is 1. The van der Waals surface area contributed by atoms with Crippen LogP contribution in [0.1, 0.15) is 26.7 Å². The molecule has 0 atom stereocenters. The molecule has 0 bridgehead atoms. The maximum atomic E-state index is 7.91. The Morgan fingerprint density at radius 3 is 2.36 bits per heavy atom. The third-order valence-electron chi connectivity index (χ3n) is 2.20. The molecular formula is C12H18N2. The van der Waals surface area contributed by atoms with Crippen LogP contribution < -0.4 is 4.90 Å². The van der Waals surface area contributed by atoms with Crippen LogP contribution >= 0.6 is 0 Å². The molecule has 14 heavy (non-hydrogen) atoms. The lowest BCUT2D eigenvalue weighted by atomic mass is 10.2. The van der Waals surface area contributed by atoms with Gasteiger partial charge in [-0.2, -0.15) is 0 Å². The Hall–Kier alpha value is -1.31. The Labute approximate surface area is 86.1 Å². The molecule has 76 valence electrons. The molecule has 1 aromatic carbocycles. The second-order valence-corrected chi connectivity index (χ2v) is 3.28. The summed E-state index contributed by atoms with van der Waals surface area (Å²) in [6.07, 6.45) is 1.88. The van der Waals surface area contributed by atoms with E-state index in [0.29, 0.717) is 5.84 Å². The Balaban J connectivity index is 2.77. The van der Waals surface area contributed by atoms with Gasteiger partial charge in [0.25, 0.3) is 0 Å². The highest BCUT2D eigenvalue weighted by atomic mass is 15.2. The Morgan fingerprint density at radius 2 is 1.86 bits per heavy atom. The van der Waals surface area contributed by atoms with E-state index in [-0.39, 0.29) is 0 Å². The number of hydrogen-bond donors (Lipinski definition) is 1. The summed E-state index contributed by atoms with van der Waals surface area (Å²) in [6.45, 7) is 5.05. The molecule has 0 aromatic heterocycles. The Bertz CT molecular complexity index is 280. The lowest BCUT2D eigenvalue weighted by Gasteiger charge is -2.23. The van der Waals surface area contributed by atoms with Crippen LogP contribution in [-0.2, 0) is 0 Å². The van der Waals surface area contributed by atoms with E-state index in [1.165, 1.54) is 0 Å². The molecule has 0 aliphatic carbocycles. The number of nitrogens with zero attached hydrogens (tertiary/aromatic N) is 1. The molecule has 2 nitrogen and oxygen atoms in total. The average Bonchev–Trinajstić information content (AvgIpc) is 2.21. The lowest BCUT2D eigenvalue weighted by Crippen LogP contribution is -2.29. The largest absolute Gasteiger partial charge is 0.331 e. The van der Waals surface area contributed by atoms with Crippen molar-refractivity contribution in [2.45, 2.75) is 26.7 Å². The molecule has 1 N–H and O–H groups in total. The summed E-state index contributed by atoms with van der Waals surface area (Å²) in [4.78, 5) is 2.05. The number of anilines is 1. The third-order valence-corrected chi connectivity index (χ3v) is 2.20. The number of rotatable bonds is 4. The molecule has 0 unspecified atom stereocenters. The van der Waals surface area contributed by atoms with Crippen LogP contribution in [0.3, 0.4) is 0 Å². The number of para-hydroxylation sites is 1. The van der Waals surface area contributed by atoms with Gasteiger partial charge in [-0.15, -0.1) is 0 Å². The minimum absolute atomic E-state index is 0.709. The fraction of sp³-hybridized carbons (Fsp3) is 0.417. The maximum absolute atomic E-state index is 7.91. The first-order valence-corrected chi connectivity index (χ1v) is 5.19. The fourth-order valence-corrected chi connectivity index (χ4v) is 1.51. The zero-order valence-electron chi connectivity index (χ0n) is 8.96. The van der Waals surface area contributed by atoms with E-state index in [1.54, 1.807) is 0 Å². The van der Waals surface area contributed by atoms with E-state index in [9.17, 15) is 0 Å². The molecule has 0 spiro atoms. The summed E-state index contributed by atoms with van der Waals surface area (Å²) in [5.41, 5.74) is 1.12. The molecule has 1 aromatic rings. The summed E-state index contributed by atoms with van der Waals surface area (Å²) in [7, 11) is 0. The molecule has 0 amide bonds. The van der Waals surface area contributed by atoms with Crippen molar-refractivity contribution < 1.29 is 0 Å². The molecular weight excluding hydrogens is 172 g/mol. The maximum Gasteiger partial charge on any atom is 0.100 e. The highest BCUT2D eigenvalue weighted by Gasteiger charge is 2.07. The van der Waals surface area contributed by atoms with Crippen molar-refractivity contribution in [3.63, 3.8) is 0 Å². The Morgan fingerprint density at radius 1 is 1.21 bits per heavy atom. The van der Waals surface area contributed by atoms with Gasteiger partial charge < -0.3 is 4.90 Å². The van der Waals surface area contributed by atoms with Gasteiger partial charge in [-0.25, -0.2) is 0 Å². The molecule has 0 saturated heterocycles. The van der Waals surface area contributed by atoms with Crippen LogP contribution in [0.2, 0.25) is 0 Å². The second-order valence-electron chi connectivity index (χ2n) is 3.28. The van der Waals surface area contributed by atoms with E-state index in [1.807, 2.05) is 35.2 Å². The quantitative estimate of drug-likeness (QED) is 0.572. The van der Waals surface area contributed by atoms with Crippen molar-refractivity contribution >= 4 is 11.5 Å². The van der Waals surface area contributed by atoms with E-state index in [2.05, 4.69) is 13.8 Å². The van der Waals surface area contributed by atoms with Crippen molar-refractivity contribution in [3.8, 4) is 0 Å². The van der Waals surface area contributed by atoms with E-state index < -0.39 is 0 Å². The summed E-state index contributed by atoms with van der Waals surface area (Å²) < 4.78 is 0. The van der Waals surface area contributed by atoms with Gasteiger partial charge in [0.1, 0.15) is 5.84 Å². The predicted molar refractivity (Wildman–Crippen MR) is 62.1 cm³/mol. The van der Waals surface area contributed by atoms with Gasteiger partial charge in [0, 0.05) is 18.7 Å². The molecule has 0 heterocycles. The zero-order valence-corrected chi connectivity index (χ0v) is 8.96. The monoisotopic (exact) mass is 190 g/mol. The number of amidine groups is 1. The van der Waals surface area contributed by atoms with Crippen molar-refractivity contribution in [2.24, 2.45) is 0 Å². The van der Waals surface area contributed by atoms with Crippen LogP contribution in [-0.4, -0.2) is 12.4 Å². The molecule has 2 heteroatoms. The Kier molecular flexibility index (Phi) is 4.17. The molecule has 0 radical (unpaired) electrons. The van der Waals surface area contributed by atoms with Crippen LogP contribution in [0.5, 0.6) is 0 Å². The first-order valence-electron chi connectivity index (χ1n) is 5.19. The van der Waals surface area contributed by atoms with Gasteiger partial charge in [0.05, 0.1) is 0 Å².